The second-order valence-corrected chi connectivity index (χ2v) is 7.14. The molecule has 0 bridgehead atoms. The Balaban J connectivity index is 1.98. The van der Waals surface area contributed by atoms with E-state index in [2.05, 4.69) is 0 Å². The summed E-state index contributed by atoms with van der Waals surface area (Å²) in [5.41, 5.74) is 4.44. The lowest BCUT2D eigenvalue weighted by molar-refractivity contribution is 0.104. The average molecular weight is 377 g/mol. The quantitative estimate of drug-likeness (QED) is 0.426. The number of benzene rings is 3. The Morgan fingerprint density at radius 3 is 2.26 bits per heavy atom. The topological polar surface area (TPSA) is 50.4 Å². The number of ketones is 1. The van der Waals surface area contributed by atoms with E-state index in [-0.39, 0.29) is 11.5 Å². The summed E-state index contributed by atoms with van der Waals surface area (Å²) in [6, 6.07) is 17.7. The summed E-state index contributed by atoms with van der Waals surface area (Å²) in [4.78, 5) is 13.4. The number of furan rings is 1. The fourth-order valence-corrected chi connectivity index (χ4v) is 3.52. The summed E-state index contributed by atoms with van der Waals surface area (Å²) in [7, 11) is 0. The molecule has 0 fully saturated rings. The van der Waals surface area contributed by atoms with Crippen molar-refractivity contribution < 1.29 is 14.3 Å². The number of phenolic OH excluding ortho intramolecular Hbond substituents is 1. The fourth-order valence-electron chi connectivity index (χ4n) is 3.36. The fraction of sp³-hybridized carbons (Fsp3) is 0.0870. The maximum Gasteiger partial charge on any atom is 0.197 e. The highest BCUT2D eigenvalue weighted by molar-refractivity contribution is 6.31. The molecule has 0 aliphatic heterocycles. The van der Waals surface area contributed by atoms with Crippen molar-refractivity contribution in [3.8, 4) is 17.1 Å². The first kappa shape index (κ1) is 17.4. The third-order valence-electron chi connectivity index (χ3n) is 4.49. The predicted octanol–water partition coefficient (Wildman–Crippen LogP) is 6.31. The van der Waals surface area contributed by atoms with Crippen molar-refractivity contribution in [3.63, 3.8) is 0 Å². The van der Waals surface area contributed by atoms with E-state index in [9.17, 15) is 9.90 Å². The van der Waals surface area contributed by atoms with Gasteiger partial charge in [-0.05, 0) is 62.4 Å². The molecule has 0 spiro atoms. The van der Waals surface area contributed by atoms with Gasteiger partial charge in [-0.25, -0.2) is 0 Å². The van der Waals surface area contributed by atoms with Crippen LogP contribution in [0.2, 0.25) is 5.02 Å². The number of carbonyl (C=O) groups excluding carboxylic acids is 1. The molecule has 27 heavy (non-hydrogen) atoms. The molecule has 134 valence electrons. The molecule has 1 aromatic heterocycles. The SMILES string of the molecule is Cc1cc(C)cc(C(=O)c2c(-c3ccc(O)cc3)oc3cc(Cl)ccc23)c1. The van der Waals surface area contributed by atoms with Crippen molar-refractivity contribution >= 4 is 28.4 Å². The Morgan fingerprint density at radius 2 is 1.59 bits per heavy atom. The van der Waals surface area contributed by atoms with E-state index in [0.29, 0.717) is 38.4 Å². The maximum absolute atomic E-state index is 13.4. The van der Waals surface area contributed by atoms with Gasteiger partial charge in [0.05, 0.1) is 5.56 Å². The van der Waals surface area contributed by atoms with Gasteiger partial charge >= 0.3 is 0 Å². The summed E-state index contributed by atoms with van der Waals surface area (Å²) in [5.74, 6) is 0.516. The molecule has 0 unspecified atom stereocenters. The minimum absolute atomic E-state index is 0.106. The number of hydrogen-bond acceptors (Lipinski definition) is 3. The van der Waals surface area contributed by atoms with Gasteiger partial charge in [-0.3, -0.25) is 4.79 Å². The van der Waals surface area contributed by atoms with E-state index >= 15 is 0 Å². The van der Waals surface area contributed by atoms with Crippen molar-refractivity contribution in [1.29, 1.82) is 0 Å². The molecule has 0 saturated carbocycles. The van der Waals surface area contributed by atoms with Gasteiger partial charge in [0.1, 0.15) is 17.1 Å². The van der Waals surface area contributed by atoms with E-state index in [4.69, 9.17) is 16.0 Å². The van der Waals surface area contributed by atoms with Crippen LogP contribution < -0.4 is 0 Å². The summed E-state index contributed by atoms with van der Waals surface area (Å²) < 4.78 is 6.02. The van der Waals surface area contributed by atoms with Crippen LogP contribution >= 0.6 is 11.6 Å². The first-order chi connectivity index (χ1) is 12.9. The number of halogens is 1. The van der Waals surface area contributed by atoms with Crippen LogP contribution in [0.5, 0.6) is 5.75 Å². The van der Waals surface area contributed by atoms with Gasteiger partial charge in [0, 0.05) is 27.6 Å². The summed E-state index contributed by atoms with van der Waals surface area (Å²) in [5, 5.41) is 10.8. The second kappa shape index (κ2) is 6.60. The first-order valence-corrected chi connectivity index (χ1v) is 8.94. The zero-order chi connectivity index (χ0) is 19.1. The average Bonchev–Trinajstić information content (AvgIpc) is 2.99. The third-order valence-corrected chi connectivity index (χ3v) is 4.73. The monoisotopic (exact) mass is 376 g/mol. The van der Waals surface area contributed by atoms with Crippen molar-refractivity contribution in [2.45, 2.75) is 13.8 Å². The van der Waals surface area contributed by atoms with Crippen molar-refractivity contribution in [1.82, 2.24) is 0 Å². The number of rotatable bonds is 3. The number of phenols is 1. The molecule has 0 aliphatic rings. The Hall–Kier alpha value is -3.04. The molecule has 3 aromatic carbocycles. The van der Waals surface area contributed by atoms with Crippen LogP contribution in [-0.4, -0.2) is 10.9 Å². The Morgan fingerprint density at radius 1 is 0.926 bits per heavy atom. The minimum Gasteiger partial charge on any atom is -0.508 e. The van der Waals surface area contributed by atoms with Crippen molar-refractivity contribution in [3.05, 3.63) is 87.9 Å². The van der Waals surface area contributed by atoms with Crippen LogP contribution in [0, 0.1) is 13.8 Å². The Kier molecular flexibility index (Phi) is 4.25. The van der Waals surface area contributed by atoms with Crippen LogP contribution in [0.1, 0.15) is 27.0 Å². The highest BCUT2D eigenvalue weighted by Crippen LogP contribution is 2.37. The van der Waals surface area contributed by atoms with Gasteiger partial charge in [0.25, 0.3) is 0 Å². The normalized spacial score (nSPS) is 11.1. The van der Waals surface area contributed by atoms with Gasteiger partial charge in [-0.2, -0.15) is 0 Å². The highest BCUT2D eigenvalue weighted by atomic mass is 35.5. The van der Waals surface area contributed by atoms with Crippen molar-refractivity contribution in [2.24, 2.45) is 0 Å². The lowest BCUT2D eigenvalue weighted by Crippen LogP contribution is -2.03. The Bertz CT molecular complexity index is 1150. The van der Waals surface area contributed by atoms with Gasteiger partial charge in [0.2, 0.25) is 0 Å². The molecule has 0 amide bonds. The zero-order valence-electron chi connectivity index (χ0n) is 14.9. The lowest BCUT2D eigenvalue weighted by Gasteiger charge is -2.06. The van der Waals surface area contributed by atoms with Gasteiger partial charge in [-0.15, -0.1) is 0 Å². The van der Waals surface area contributed by atoms with Gasteiger partial charge in [0.15, 0.2) is 5.78 Å². The van der Waals surface area contributed by atoms with E-state index < -0.39 is 0 Å². The van der Waals surface area contributed by atoms with Gasteiger partial charge in [-0.1, -0.05) is 28.8 Å². The van der Waals surface area contributed by atoms with E-state index in [1.165, 1.54) is 0 Å². The zero-order valence-corrected chi connectivity index (χ0v) is 15.7. The molecule has 3 nitrogen and oxygen atoms in total. The molecule has 1 N–H and O–H groups in total. The van der Waals surface area contributed by atoms with Crippen LogP contribution in [0.25, 0.3) is 22.3 Å². The minimum atomic E-state index is -0.106. The van der Waals surface area contributed by atoms with E-state index in [1.807, 2.05) is 32.0 Å². The number of aromatic hydroxyl groups is 1. The number of fused-ring (bicyclic) bond motifs is 1. The van der Waals surface area contributed by atoms with Crippen LogP contribution in [0.3, 0.4) is 0 Å². The second-order valence-electron chi connectivity index (χ2n) is 6.70. The molecular weight excluding hydrogens is 360 g/mol. The Labute approximate surface area is 161 Å². The third kappa shape index (κ3) is 3.22. The molecule has 0 saturated heterocycles. The van der Waals surface area contributed by atoms with Crippen LogP contribution in [-0.2, 0) is 0 Å². The predicted molar refractivity (Wildman–Crippen MR) is 108 cm³/mol. The lowest BCUT2D eigenvalue weighted by atomic mass is 9.95. The maximum atomic E-state index is 13.4. The van der Waals surface area contributed by atoms with Crippen LogP contribution in [0.15, 0.2) is 65.1 Å². The smallest absolute Gasteiger partial charge is 0.197 e. The number of hydrogen-bond donors (Lipinski definition) is 1. The number of carbonyl (C=O) groups is 1. The molecule has 4 heteroatoms. The molecule has 0 radical (unpaired) electrons. The standard InChI is InChI=1S/C23H17ClO3/c1-13-9-14(2)11-16(10-13)22(26)21-19-8-5-17(24)12-20(19)27-23(21)15-3-6-18(25)7-4-15/h3-12,25H,1-2H3. The van der Waals surface area contributed by atoms with Gasteiger partial charge < -0.3 is 9.52 Å². The molecule has 4 rings (SSSR count). The van der Waals surface area contributed by atoms with Crippen molar-refractivity contribution in [2.75, 3.05) is 0 Å². The summed E-state index contributed by atoms with van der Waals surface area (Å²) in [6.45, 7) is 3.94. The van der Waals surface area contributed by atoms with E-state index in [1.54, 1.807) is 42.5 Å². The highest BCUT2D eigenvalue weighted by Gasteiger charge is 2.23. The molecule has 0 atom stereocenters. The molecule has 4 aromatic rings. The largest absolute Gasteiger partial charge is 0.508 e. The van der Waals surface area contributed by atoms with Crippen LogP contribution in [0.4, 0.5) is 0 Å². The summed E-state index contributed by atoms with van der Waals surface area (Å²) in [6.07, 6.45) is 0. The van der Waals surface area contributed by atoms with E-state index in [0.717, 1.165) is 11.1 Å². The molecule has 1 heterocycles. The molecule has 0 aliphatic carbocycles. The molecular formula is C23H17ClO3. The first-order valence-electron chi connectivity index (χ1n) is 8.57. The summed E-state index contributed by atoms with van der Waals surface area (Å²) >= 11 is 6.11. The number of aryl methyl sites for hydroxylation is 2.